The number of aldehydes is 1. The fourth-order valence-electron chi connectivity index (χ4n) is 1.68. The maximum atomic E-state index is 11.9. The van der Waals surface area contributed by atoms with Crippen LogP contribution in [0.1, 0.15) is 28.6 Å². The molecule has 0 aliphatic rings. The first kappa shape index (κ1) is 14.5. The standard InChI is InChI=1S/C14H15NO4S/c1-2-11-3-5-12(6-4-11)9-15-20(17,18)14-8-7-13(10-16)19-14/h3-8,10,15H,2,9H2,1H3. The van der Waals surface area contributed by atoms with Crippen LogP contribution < -0.4 is 4.72 Å². The third kappa shape index (κ3) is 3.34. The maximum absolute atomic E-state index is 11.9. The van der Waals surface area contributed by atoms with Gasteiger partial charge in [-0.2, -0.15) is 0 Å². The van der Waals surface area contributed by atoms with Crippen LogP contribution in [0.5, 0.6) is 0 Å². The highest BCUT2D eigenvalue weighted by Crippen LogP contribution is 2.13. The smallest absolute Gasteiger partial charge is 0.274 e. The fraction of sp³-hybridized carbons (Fsp3) is 0.214. The van der Waals surface area contributed by atoms with Crippen LogP contribution in [0.3, 0.4) is 0 Å². The summed E-state index contributed by atoms with van der Waals surface area (Å²) in [5.74, 6) is -0.0160. The maximum Gasteiger partial charge on any atom is 0.274 e. The van der Waals surface area contributed by atoms with E-state index in [2.05, 4.69) is 11.6 Å². The number of hydrogen-bond donors (Lipinski definition) is 1. The highest BCUT2D eigenvalue weighted by Gasteiger charge is 2.18. The monoisotopic (exact) mass is 293 g/mol. The lowest BCUT2D eigenvalue weighted by Gasteiger charge is -2.05. The molecule has 0 aliphatic carbocycles. The Bertz CT molecular complexity index is 686. The van der Waals surface area contributed by atoms with Crippen LogP contribution >= 0.6 is 0 Å². The third-order valence-electron chi connectivity index (χ3n) is 2.88. The largest absolute Gasteiger partial charge is 0.440 e. The molecule has 1 aromatic carbocycles. The zero-order chi connectivity index (χ0) is 14.6. The van der Waals surface area contributed by atoms with Crippen molar-refractivity contribution < 1.29 is 17.6 Å². The van der Waals surface area contributed by atoms with Gasteiger partial charge in [-0.25, -0.2) is 13.1 Å². The number of sulfonamides is 1. The van der Waals surface area contributed by atoms with Gasteiger partial charge in [0.15, 0.2) is 12.0 Å². The average Bonchev–Trinajstić information content (AvgIpc) is 2.95. The normalized spacial score (nSPS) is 11.4. The molecule has 0 unspecified atom stereocenters. The highest BCUT2D eigenvalue weighted by molar-refractivity contribution is 7.89. The van der Waals surface area contributed by atoms with Crippen LogP contribution in [0.25, 0.3) is 0 Å². The topological polar surface area (TPSA) is 76.4 Å². The molecule has 1 aromatic heterocycles. The molecule has 1 N–H and O–H groups in total. The second-order valence-electron chi connectivity index (χ2n) is 4.27. The minimum atomic E-state index is -3.74. The summed E-state index contributed by atoms with van der Waals surface area (Å²) in [5, 5.41) is -0.259. The van der Waals surface area contributed by atoms with Gasteiger partial charge in [-0.1, -0.05) is 31.2 Å². The van der Waals surface area contributed by atoms with Gasteiger partial charge in [-0.05, 0) is 29.7 Å². The number of rotatable bonds is 6. The molecule has 0 bridgehead atoms. The van der Waals surface area contributed by atoms with Crippen molar-refractivity contribution in [2.24, 2.45) is 0 Å². The Balaban J connectivity index is 2.06. The van der Waals surface area contributed by atoms with E-state index in [1.807, 2.05) is 24.3 Å². The Morgan fingerprint density at radius 1 is 1.10 bits per heavy atom. The zero-order valence-corrected chi connectivity index (χ0v) is 11.8. The third-order valence-corrected chi connectivity index (χ3v) is 4.15. The molecular formula is C14H15NO4S. The van der Waals surface area contributed by atoms with Gasteiger partial charge in [0.2, 0.25) is 5.09 Å². The van der Waals surface area contributed by atoms with Crippen molar-refractivity contribution in [1.82, 2.24) is 4.72 Å². The van der Waals surface area contributed by atoms with Crippen molar-refractivity contribution >= 4 is 16.3 Å². The van der Waals surface area contributed by atoms with Gasteiger partial charge in [-0.15, -0.1) is 0 Å². The van der Waals surface area contributed by atoms with Crippen molar-refractivity contribution in [2.45, 2.75) is 25.0 Å². The van der Waals surface area contributed by atoms with Gasteiger partial charge in [-0.3, -0.25) is 4.79 Å². The molecular weight excluding hydrogens is 278 g/mol. The summed E-state index contributed by atoms with van der Waals surface area (Å²) in [5.41, 5.74) is 2.05. The average molecular weight is 293 g/mol. The SMILES string of the molecule is CCc1ccc(CNS(=O)(=O)c2ccc(C=O)o2)cc1. The molecule has 0 fully saturated rings. The first-order valence-electron chi connectivity index (χ1n) is 6.17. The van der Waals surface area contributed by atoms with E-state index in [1.54, 1.807) is 0 Å². The van der Waals surface area contributed by atoms with Gasteiger partial charge < -0.3 is 4.42 Å². The van der Waals surface area contributed by atoms with Crippen LogP contribution in [-0.4, -0.2) is 14.7 Å². The van der Waals surface area contributed by atoms with Crippen molar-refractivity contribution in [1.29, 1.82) is 0 Å². The lowest BCUT2D eigenvalue weighted by molar-refractivity contribution is 0.109. The molecule has 0 saturated carbocycles. The number of benzene rings is 1. The molecule has 0 aliphatic heterocycles. The van der Waals surface area contributed by atoms with Gasteiger partial charge in [0, 0.05) is 6.54 Å². The molecule has 106 valence electrons. The summed E-state index contributed by atoms with van der Waals surface area (Å²) in [4.78, 5) is 10.5. The Morgan fingerprint density at radius 2 is 1.75 bits per heavy atom. The van der Waals surface area contributed by atoms with Crippen molar-refractivity contribution in [3.63, 3.8) is 0 Å². The summed E-state index contributed by atoms with van der Waals surface area (Å²) >= 11 is 0. The Kier molecular flexibility index (Phi) is 4.36. The summed E-state index contributed by atoms with van der Waals surface area (Å²) in [7, 11) is -3.74. The predicted molar refractivity (Wildman–Crippen MR) is 73.9 cm³/mol. The minimum absolute atomic E-state index is 0.0160. The van der Waals surface area contributed by atoms with Gasteiger partial charge in [0.05, 0.1) is 0 Å². The summed E-state index contributed by atoms with van der Waals surface area (Å²) in [6, 6.07) is 10.2. The molecule has 2 rings (SSSR count). The van der Waals surface area contributed by atoms with E-state index in [1.165, 1.54) is 17.7 Å². The predicted octanol–water partition coefficient (Wildman–Crippen LogP) is 2.13. The van der Waals surface area contributed by atoms with E-state index in [-0.39, 0.29) is 17.4 Å². The van der Waals surface area contributed by atoms with E-state index in [9.17, 15) is 13.2 Å². The van der Waals surface area contributed by atoms with Crippen LogP contribution in [0, 0.1) is 0 Å². The summed E-state index contributed by atoms with van der Waals surface area (Å²) in [6.45, 7) is 2.22. The first-order valence-corrected chi connectivity index (χ1v) is 7.66. The molecule has 0 radical (unpaired) electrons. The van der Waals surface area contributed by atoms with Crippen LogP contribution in [0.2, 0.25) is 0 Å². The van der Waals surface area contributed by atoms with Gasteiger partial charge >= 0.3 is 0 Å². The summed E-state index contributed by atoms with van der Waals surface area (Å²) in [6.07, 6.45) is 1.40. The minimum Gasteiger partial charge on any atom is -0.440 e. The molecule has 20 heavy (non-hydrogen) atoms. The zero-order valence-electron chi connectivity index (χ0n) is 11.0. The lowest BCUT2D eigenvalue weighted by atomic mass is 10.1. The van der Waals surface area contributed by atoms with Gasteiger partial charge in [0.1, 0.15) is 0 Å². The number of hydrogen-bond acceptors (Lipinski definition) is 4. The first-order chi connectivity index (χ1) is 9.55. The van der Waals surface area contributed by atoms with Crippen LogP contribution in [0.15, 0.2) is 45.9 Å². The van der Waals surface area contributed by atoms with E-state index in [4.69, 9.17) is 4.42 Å². The molecule has 6 heteroatoms. The summed E-state index contributed by atoms with van der Waals surface area (Å²) < 4.78 is 31.2. The number of carbonyl (C=O) groups excluding carboxylic acids is 1. The Hall–Kier alpha value is -1.92. The van der Waals surface area contributed by atoms with Crippen molar-refractivity contribution in [3.05, 3.63) is 53.3 Å². The highest BCUT2D eigenvalue weighted by atomic mass is 32.2. The Morgan fingerprint density at radius 3 is 2.30 bits per heavy atom. The van der Waals surface area contributed by atoms with E-state index < -0.39 is 10.0 Å². The van der Waals surface area contributed by atoms with Crippen LogP contribution in [-0.2, 0) is 23.0 Å². The van der Waals surface area contributed by atoms with Gasteiger partial charge in [0.25, 0.3) is 10.0 Å². The number of furan rings is 1. The molecule has 0 saturated heterocycles. The number of carbonyl (C=O) groups is 1. The molecule has 1 heterocycles. The molecule has 2 aromatic rings. The lowest BCUT2D eigenvalue weighted by Crippen LogP contribution is -2.22. The number of nitrogens with one attached hydrogen (secondary N) is 1. The Labute approximate surface area is 117 Å². The van der Waals surface area contributed by atoms with Crippen molar-refractivity contribution in [3.8, 4) is 0 Å². The fourth-order valence-corrected chi connectivity index (χ4v) is 2.64. The molecule has 5 nitrogen and oxygen atoms in total. The number of aryl methyl sites for hydroxylation is 1. The van der Waals surface area contributed by atoms with Crippen LogP contribution in [0.4, 0.5) is 0 Å². The molecule has 0 atom stereocenters. The van der Waals surface area contributed by atoms with E-state index >= 15 is 0 Å². The van der Waals surface area contributed by atoms with E-state index in [0.29, 0.717) is 6.29 Å². The second kappa shape index (κ2) is 6.02. The van der Waals surface area contributed by atoms with E-state index in [0.717, 1.165) is 12.0 Å². The second-order valence-corrected chi connectivity index (χ2v) is 5.97. The molecule has 0 spiro atoms. The van der Waals surface area contributed by atoms with Crippen molar-refractivity contribution in [2.75, 3.05) is 0 Å². The quantitative estimate of drug-likeness (QED) is 0.828. The molecule has 0 amide bonds.